The topological polar surface area (TPSA) is 75.6 Å². The number of likely N-dealkylation sites (tertiary alicyclic amines) is 1. The van der Waals surface area contributed by atoms with Gasteiger partial charge in [0.1, 0.15) is 5.75 Å². The van der Waals surface area contributed by atoms with Crippen molar-refractivity contribution in [2.45, 2.75) is 57.3 Å². The minimum absolute atomic E-state index is 0.273. The van der Waals surface area contributed by atoms with E-state index in [-0.39, 0.29) is 6.10 Å². The van der Waals surface area contributed by atoms with Crippen LogP contribution >= 0.6 is 0 Å². The second kappa shape index (κ2) is 12.1. The Bertz CT molecular complexity index is 638. The SMILES string of the molecule is CCNC(=NCC(O)c1ccc(OC)cc1)N1CCC(OCC2CCCCO2)CC1. The van der Waals surface area contributed by atoms with Gasteiger partial charge < -0.3 is 29.5 Å². The monoisotopic (exact) mass is 419 g/mol. The summed E-state index contributed by atoms with van der Waals surface area (Å²) in [6, 6.07) is 7.48. The van der Waals surface area contributed by atoms with Crippen molar-refractivity contribution in [2.24, 2.45) is 4.99 Å². The third-order valence-electron chi connectivity index (χ3n) is 5.78. The van der Waals surface area contributed by atoms with Gasteiger partial charge >= 0.3 is 0 Å². The predicted octanol–water partition coefficient (Wildman–Crippen LogP) is 2.74. The fourth-order valence-electron chi connectivity index (χ4n) is 3.95. The number of hydrogen-bond donors (Lipinski definition) is 2. The molecule has 2 aliphatic heterocycles. The van der Waals surface area contributed by atoms with Gasteiger partial charge in [0.25, 0.3) is 0 Å². The molecule has 2 heterocycles. The molecule has 0 amide bonds. The molecule has 0 saturated carbocycles. The highest BCUT2D eigenvalue weighted by molar-refractivity contribution is 5.80. The van der Waals surface area contributed by atoms with Crippen molar-refractivity contribution < 1.29 is 19.3 Å². The first kappa shape index (κ1) is 22.8. The molecule has 0 radical (unpaired) electrons. The van der Waals surface area contributed by atoms with Gasteiger partial charge in [-0.15, -0.1) is 0 Å². The van der Waals surface area contributed by atoms with Crippen LogP contribution in [-0.4, -0.2) is 74.7 Å². The van der Waals surface area contributed by atoms with Gasteiger partial charge in [0.15, 0.2) is 5.96 Å². The molecule has 0 aliphatic carbocycles. The quantitative estimate of drug-likeness (QED) is 0.499. The standard InChI is InChI=1S/C23H37N3O4/c1-3-24-23(25-16-22(27)18-7-9-19(28-2)10-8-18)26-13-11-20(12-14-26)30-17-21-6-4-5-15-29-21/h7-10,20-22,27H,3-6,11-17H2,1-2H3,(H,24,25). The lowest BCUT2D eigenvalue weighted by atomic mass is 10.1. The molecule has 0 bridgehead atoms. The number of piperidine rings is 1. The Morgan fingerprint density at radius 3 is 2.63 bits per heavy atom. The molecule has 0 aromatic heterocycles. The molecular formula is C23H37N3O4. The van der Waals surface area contributed by atoms with Crippen LogP contribution in [0.5, 0.6) is 5.75 Å². The van der Waals surface area contributed by atoms with Gasteiger partial charge in [-0.25, -0.2) is 0 Å². The smallest absolute Gasteiger partial charge is 0.194 e. The molecule has 30 heavy (non-hydrogen) atoms. The third kappa shape index (κ3) is 6.86. The van der Waals surface area contributed by atoms with Crippen LogP contribution in [0.1, 0.15) is 50.7 Å². The minimum atomic E-state index is -0.638. The van der Waals surface area contributed by atoms with Crippen molar-refractivity contribution in [3.05, 3.63) is 29.8 Å². The average molecular weight is 420 g/mol. The number of aliphatic imine (C=N–C) groups is 1. The van der Waals surface area contributed by atoms with Crippen molar-refractivity contribution >= 4 is 5.96 Å². The Morgan fingerprint density at radius 2 is 2.00 bits per heavy atom. The van der Waals surface area contributed by atoms with Crippen molar-refractivity contribution in [1.29, 1.82) is 0 Å². The lowest BCUT2D eigenvalue weighted by Crippen LogP contribution is -2.47. The highest BCUT2D eigenvalue weighted by atomic mass is 16.5. The third-order valence-corrected chi connectivity index (χ3v) is 5.78. The maximum atomic E-state index is 10.5. The first-order valence-corrected chi connectivity index (χ1v) is 11.3. The Balaban J connectivity index is 1.46. The molecule has 0 spiro atoms. The van der Waals surface area contributed by atoms with Crippen LogP contribution in [0.25, 0.3) is 0 Å². The Morgan fingerprint density at radius 1 is 1.23 bits per heavy atom. The molecule has 2 N–H and O–H groups in total. The van der Waals surface area contributed by atoms with E-state index in [0.29, 0.717) is 19.3 Å². The zero-order valence-electron chi connectivity index (χ0n) is 18.4. The van der Waals surface area contributed by atoms with Gasteiger partial charge in [-0.3, -0.25) is 4.99 Å². The van der Waals surface area contributed by atoms with E-state index in [9.17, 15) is 5.11 Å². The van der Waals surface area contributed by atoms with Crippen LogP contribution in [0.4, 0.5) is 0 Å². The normalized spacial score (nSPS) is 22.0. The Kier molecular flexibility index (Phi) is 9.24. The molecule has 2 saturated heterocycles. The molecule has 7 heteroatoms. The average Bonchev–Trinajstić information content (AvgIpc) is 2.81. The van der Waals surface area contributed by atoms with Crippen LogP contribution in [0.3, 0.4) is 0 Å². The van der Waals surface area contributed by atoms with Gasteiger partial charge in [-0.05, 0) is 56.7 Å². The van der Waals surface area contributed by atoms with E-state index in [4.69, 9.17) is 14.2 Å². The summed E-state index contributed by atoms with van der Waals surface area (Å²) in [7, 11) is 1.64. The second-order valence-electron chi connectivity index (χ2n) is 7.99. The first-order chi connectivity index (χ1) is 14.7. The minimum Gasteiger partial charge on any atom is -0.497 e. The molecule has 7 nitrogen and oxygen atoms in total. The predicted molar refractivity (Wildman–Crippen MR) is 118 cm³/mol. The number of hydrogen-bond acceptors (Lipinski definition) is 5. The largest absolute Gasteiger partial charge is 0.497 e. The summed E-state index contributed by atoms with van der Waals surface area (Å²) >= 11 is 0. The van der Waals surface area contributed by atoms with Crippen LogP contribution in [0, 0.1) is 0 Å². The summed E-state index contributed by atoms with van der Waals surface area (Å²) in [6.45, 7) is 6.58. The molecule has 2 fully saturated rings. The van der Waals surface area contributed by atoms with E-state index < -0.39 is 6.10 Å². The van der Waals surface area contributed by atoms with E-state index >= 15 is 0 Å². The van der Waals surface area contributed by atoms with Crippen molar-refractivity contribution in [3.63, 3.8) is 0 Å². The second-order valence-corrected chi connectivity index (χ2v) is 7.99. The molecule has 1 aromatic rings. The molecule has 168 valence electrons. The lowest BCUT2D eigenvalue weighted by molar-refractivity contribution is -0.0721. The number of methoxy groups -OCH3 is 1. The number of nitrogens with one attached hydrogen (secondary N) is 1. The van der Waals surface area contributed by atoms with E-state index in [1.165, 1.54) is 12.8 Å². The molecule has 2 atom stereocenters. The Hall–Kier alpha value is -1.83. The first-order valence-electron chi connectivity index (χ1n) is 11.3. The lowest BCUT2D eigenvalue weighted by Gasteiger charge is -2.35. The number of aliphatic hydroxyl groups excluding tert-OH is 1. The number of guanidine groups is 1. The summed E-state index contributed by atoms with van der Waals surface area (Å²) < 4.78 is 17.1. The fourth-order valence-corrected chi connectivity index (χ4v) is 3.95. The maximum absolute atomic E-state index is 10.5. The summed E-state index contributed by atoms with van der Waals surface area (Å²) in [5.74, 6) is 1.64. The van der Waals surface area contributed by atoms with Crippen LogP contribution < -0.4 is 10.1 Å². The molecule has 3 rings (SSSR count). The highest BCUT2D eigenvalue weighted by Crippen LogP contribution is 2.20. The van der Waals surface area contributed by atoms with Crippen molar-refractivity contribution in [2.75, 3.05) is 46.5 Å². The van der Waals surface area contributed by atoms with Crippen LogP contribution in [0.15, 0.2) is 29.3 Å². The fraction of sp³-hybridized carbons (Fsp3) is 0.696. The van der Waals surface area contributed by atoms with E-state index in [1.54, 1.807) is 7.11 Å². The number of aliphatic hydroxyl groups is 1. The van der Waals surface area contributed by atoms with Crippen molar-refractivity contribution in [3.8, 4) is 5.75 Å². The van der Waals surface area contributed by atoms with Crippen molar-refractivity contribution in [1.82, 2.24) is 10.2 Å². The van der Waals surface area contributed by atoms with Gasteiger partial charge in [0, 0.05) is 26.2 Å². The van der Waals surface area contributed by atoms with Gasteiger partial charge in [-0.2, -0.15) is 0 Å². The van der Waals surface area contributed by atoms with E-state index in [1.807, 2.05) is 24.3 Å². The number of rotatable bonds is 8. The van der Waals surface area contributed by atoms with E-state index in [0.717, 1.165) is 62.8 Å². The summed E-state index contributed by atoms with van der Waals surface area (Å²) in [4.78, 5) is 6.95. The molecule has 2 unspecified atom stereocenters. The number of benzene rings is 1. The van der Waals surface area contributed by atoms with Crippen LogP contribution in [0.2, 0.25) is 0 Å². The van der Waals surface area contributed by atoms with E-state index in [2.05, 4.69) is 22.1 Å². The molecular weight excluding hydrogens is 382 g/mol. The zero-order chi connectivity index (χ0) is 21.2. The highest BCUT2D eigenvalue weighted by Gasteiger charge is 2.24. The maximum Gasteiger partial charge on any atom is 0.194 e. The van der Waals surface area contributed by atoms with Gasteiger partial charge in [-0.1, -0.05) is 12.1 Å². The summed E-state index contributed by atoms with van der Waals surface area (Å²) in [5.41, 5.74) is 0.840. The Labute approximate surface area is 180 Å². The number of nitrogens with zero attached hydrogens (tertiary/aromatic N) is 2. The molecule has 2 aliphatic rings. The molecule has 1 aromatic carbocycles. The zero-order valence-corrected chi connectivity index (χ0v) is 18.4. The van der Waals surface area contributed by atoms with Gasteiger partial charge in [0.05, 0.1) is 38.6 Å². The summed E-state index contributed by atoms with van der Waals surface area (Å²) in [6.07, 6.45) is 5.44. The van der Waals surface area contributed by atoms with Gasteiger partial charge in [0.2, 0.25) is 0 Å². The van der Waals surface area contributed by atoms with Crippen LogP contribution in [-0.2, 0) is 9.47 Å². The number of ether oxygens (including phenoxy) is 3. The summed E-state index contributed by atoms with van der Waals surface area (Å²) in [5, 5.41) is 13.9.